The lowest BCUT2D eigenvalue weighted by molar-refractivity contribution is 0.0942. The third-order valence-electron chi connectivity index (χ3n) is 3.74. The van der Waals surface area contributed by atoms with Gasteiger partial charge in [-0.05, 0) is 50.6 Å². The molecular formula is C15H23N3O. The van der Waals surface area contributed by atoms with Crippen LogP contribution in [0.4, 0.5) is 5.69 Å². The van der Waals surface area contributed by atoms with Crippen LogP contribution < -0.4 is 15.5 Å². The summed E-state index contributed by atoms with van der Waals surface area (Å²) in [5.41, 5.74) is 1.87. The summed E-state index contributed by atoms with van der Waals surface area (Å²) < 4.78 is 0. The molecule has 1 atom stereocenters. The van der Waals surface area contributed by atoms with Gasteiger partial charge in [0.1, 0.15) is 0 Å². The first-order valence-electron chi connectivity index (χ1n) is 6.81. The van der Waals surface area contributed by atoms with Crippen molar-refractivity contribution >= 4 is 11.6 Å². The van der Waals surface area contributed by atoms with Gasteiger partial charge in [-0.15, -0.1) is 0 Å². The van der Waals surface area contributed by atoms with Crippen molar-refractivity contribution in [2.24, 2.45) is 0 Å². The number of anilines is 1. The molecule has 1 heterocycles. The molecule has 0 spiro atoms. The minimum absolute atomic E-state index is 0.000214. The summed E-state index contributed by atoms with van der Waals surface area (Å²) in [6, 6.07) is 7.67. The molecule has 0 aliphatic carbocycles. The SMILES string of the molecule is CN(C)c1ccc(C(=O)NCC2(C)CCCN2)cc1. The number of benzene rings is 1. The van der Waals surface area contributed by atoms with Gasteiger partial charge in [0.15, 0.2) is 0 Å². The number of nitrogens with one attached hydrogen (secondary N) is 2. The maximum absolute atomic E-state index is 12.1. The Balaban J connectivity index is 1.92. The second-order valence-electron chi connectivity index (χ2n) is 5.71. The van der Waals surface area contributed by atoms with Gasteiger partial charge in [0, 0.05) is 37.4 Å². The average molecular weight is 261 g/mol. The fraction of sp³-hybridized carbons (Fsp3) is 0.533. The highest BCUT2D eigenvalue weighted by Crippen LogP contribution is 2.17. The third kappa shape index (κ3) is 3.47. The first-order valence-corrected chi connectivity index (χ1v) is 6.81. The Morgan fingerprint density at radius 1 is 1.37 bits per heavy atom. The van der Waals surface area contributed by atoms with Gasteiger partial charge in [0.05, 0.1) is 0 Å². The van der Waals surface area contributed by atoms with E-state index in [2.05, 4.69) is 17.6 Å². The average Bonchev–Trinajstić information content (AvgIpc) is 2.83. The fourth-order valence-electron chi connectivity index (χ4n) is 2.40. The number of amides is 1. The monoisotopic (exact) mass is 261 g/mol. The summed E-state index contributed by atoms with van der Waals surface area (Å²) in [6.45, 7) is 3.89. The van der Waals surface area contributed by atoms with Crippen molar-refractivity contribution in [1.82, 2.24) is 10.6 Å². The van der Waals surface area contributed by atoms with Gasteiger partial charge in [0.25, 0.3) is 5.91 Å². The summed E-state index contributed by atoms with van der Waals surface area (Å²) in [6.07, 6.45) is 2.30. The van der Waals surface area contributed by atoms with E-state index >= 15 is 0 Å². The predicted octanol–water partition coefficient (Wildman–Crippen LogP) is 1.62. The topological polar surface area (TPSA) is 44.4 Å². The zero-order valence-corrected chi connectivity index (χ0v) is 12.0. The zero-order valence-electron chi connectivity index (χ0n) is 12.0. The lowest BCUT2D eigenvalue weighted by atomic mass is 10.0. The van der Waals surface area contributed by atoms with E-state index in [-0.39, 0.29) is 11.4 Å². The molecule has 104 valence electrons. The highest BCUT2D eigenvalue weighted by atomic mass is 16.1. The van der Waals surface area contributed by atoms with Crippen molar-refractivity contribution in [1.29, 1.82) is 0 Å². The molecule has 1 fully saturated rings. The van der Waals surface area contributed by atoms with Crippen LogP contribution in [0.1, 0.15) is 30.1 Å². The van der Waals surface area contributed by atoms with Crippen molar-refractivity contribution in [3.05, 3.63) is 29.8 Å². The van der Waals surface area contributed by atoms with Crippen LogP contribution in [0.5, 0.6) is 0 Å². The smallest absolute Gasteiger partial charge is 0.251 e. The van der Waals surface area contributed by atoms with Gasteiger partial charge in [-0.25, -0.2) is 0 Å². The fourth-order valence-corrected chi connectivity index (χ4v) is 2.40. The van der Waals surface area contributed by atoms with Crippen LogP contribution in [-0.4, -0.2) is 38.6 Å². The van der Waals surface area contributed by atoms with Crippen molar-refractivity contribution in [3.8, 4) is 0 Å². The van der Waals surface area contributed by atoms with E-state index in [1.807, 2.05) is 43.3 Å². The molecule has 1 saturated heterocycles. The number of rotatable bonds is 4. The molecule has 4 nitrogen and oxygen atoms in total. The molecule has 1 aliphatic heterocycles. The number of carbonyl (C=O) groups is 1. The van der Waals surface area contributed by atoms with E-state index in [1.54, 1.807) is 0 Å². The Bertz CT molecular complexity index is 433. The van der Waals surface area contributed by atoms with Crippen LogP contribution in [0.15, 0.2) is 24.3 Å². The summed E-state index contributed by atoms with van der Waals surface area (Å²) in [5, 5.41) is 6.46. The largest absolute Gasteiger partial charge is 0.378 e. The molecule has 0 saturated carbocycles. The molecule has 0 bridgehead atoms. The molecule has 4 heteroatoms. The molecule has 2 N–H and O–H groups in total. The predicted molar refractivity (Wildman–Crippen MR) is 78.7 cm³/mol. The van der Waals surface area contributed by atoms with E-state index in [9.17, 15) is 4.79 Å². The normalized spacial score (nSPS) is 22.3. The summed E-state index contributed by atoms with van der Waals surface area (Å²) in [4.78, 5) is 14.1. The van der Waals surface area contributed by atoms with Crippen molar-refractivity contribution in [2.45, 2.75) is 25.3 Å². The van der Waals surface area contributed by atoms with E-state index in [1.165, 1.54) is 6.42 Å². The summed E-state index contributed by atoms with van der Waals surface area (Å²) in [7, 11) is 3.98. The van der Waals surface area contributed by atoms with Gasteiger partial charge < -0.3 is 15.5 Å². The van der Waals surface area contributed by atoms with Crippen LogP contribution in [0.25, 0.3) is 0 Å². The van der Waals surface area contributed by atoms with Crippen LogP contribution in [0.2, 0.25) is 0 Å². The Labute approximate surface area is 115 Å². The number of carbonyl (C=O) groups excluding carboxylic acids is 1. The van der Waals surface area contributed by atoms with Crippen molar-refractivity contribution in [3.63, 3.8) is 0 Å². The number of hydrogen-bond acceptors (Lipinski definition) is 3. The quantitative estimate of drug-likeness (QED) is 0.866. The molecule has 1 amide bonds. The molecule has 2 rings (SSSR count). The Morgan fingerprint density at radius 3 is 2.58 bits per heavy atom. The Kier molecular flexibility index (Phi) is 4.10. The Morgan fingerprint density at radius 2 is 2.05 bits per heavy atom. The standard InChI is InChI=1S/C15H23N3O/c1-15(9-4-10-17-15)11-16-14(19)12-5-7-13(8-6-12)18(2)3/h5-8,17H,4,9-11H2,1-3H3,(H,16,19). The lowest BCUT2D eigenvalue weighted by Gasteiger charge is -2.24. The molecule has 0 radical (unpaired) electrons. The van der Waals surface area contributed by atoms with Gasteiger partial charge in [-0.3, -0.25) is 4.79 Å². The minimum Gasteiger partial charge on any atom is -0.378 e. The molecule has 19 heavy (non-hydrogen) atoms. The van der Waals surface area contributed by atoms with Crippen molar-refractivity contribution < 1.29 is 4.79 Å². The van der Waals surface area contributed by atoms with Crippen molar-refractivity contribution in [2.75, 3.05) is 32.1 Å². The van der Waals surface area contributed by atoms with Crippen LogP contribution in [0.3, 0.4) is 0 Å². The number of nitrogens with zero attached hydrogens (tertiary/aromatic N) is 1. The summed E-state index contributed by atoms with van der Waals surface area (Å²) in [5.74, 6) is 0.000214. The first-order chi connectivity index (χ1) is 9.00. The maximum Gasteiger partial charge on any atom is 0.251 e. The molecule has 1 aromatic carbocycles. The van der Waals surface area contributed by atoms with Gasteiger partial charge >= 0.3 is 0 Å². The van der Waals surface area contributed by atoms with E-state index in [4.69, 9.17) is 0 Å². The highest BCUT2D eigenvalue weighted by molar-refractivity contribution is 5.94. The molecule has 1 aromatic rings. The second kappa shape index (κ2) is 5.61. The van der Waals surface area contributed by atoms with E-state index < -0.39 is 0 Å². The minimum atomic E-state index is 0.000214. The third-order valence-corrected chi connectivity index (χ3v) is 3.74. The zero-order chi connectivity index (χ0) is 13.9. The molecule has 1 aliphatic rings. The van der Waals surface area contributed by atoms with Crippen LogP contribution in [-0.2, 0) is 0 Å². The number of hydrogen-bond donors (Lipinski definition) is 2. The maximum atomic E-state index is 12.1. The van der Waals surface area contributed by atoms with E-state index in [0.717, 1.165) is 18.7 Å². The first kappa shape index (κ1) is 13.9. The van der Waals surface area contributed by atoms with Crippen LogP contribution in [0, 0.1) is 0 Å². The van der Waals surface area contributed by atoms with E-state index in [0.29, 0.717) is 12.1 Å². The lowest BCUT2D eigenvalue weighted by Crippen LogP contribution is -2.47. The molecule has 0 aromatic heterocycles. The summed E-state index contributed by atoms with van der Waals surface area (Å²) >= 11 is 0. The van der Waals surface area contributed by atoms with Gasteiger partial charge in [-0.2, -0.15) is 0 Å². The van der Waals surface area contributed by atoms with Gasteiger partial charge in [-0.1, -0.05) is 0 Å². The molecule has 1 unspecified atom stereocenters. The van der Waals surface area contributed by atoms with Crippen LogP contribution >= 0.6 is 0 Å². The molecular weight excluding hydrogens is 238 g/mol. The van der Waals surface area contributed by atoms with Gasteiger partial charge in [0.2, 0.25) is 0 Å². The Hall–Kier alpha value is -1.55. The second-order valence-corrected chi connectivity index (χ2v) is 5.71. The highest BCUT2D eigenvalue weighted by Gasteiger charge is 2.28.